The summed E-state index contributed by atoms with van der Waals surface area (Å²) in [4.78, 5) is 25.0. The van der Waals surface area contributed by atoms with Crippen LogP contribution in [0.15, 0.2) is 18.2 Å². The molecule has 1 fully saturated rings. The number of nitrogens with zero attached hydrogens (tertiary/aromatic N) is 1. The number of hydrogen-bond donors (Lipinski definition) is 1. The van der Waals surface area contributed by atoms with Crippen LogP contribution < -0.4 is 10.0 Å². The first-order chi connectivity index (χ1) is 10.2. The maximum atomic E-state index is 13.3. The average Bonchev–Trinajstić information content (AvgIpc) is 2.76. The first kappa shape index (κ1) is 16.4. The van der Waals surface area contributed by atoms with Crippen molar-refractivity contribution in [3.63, 3.8) is 0 Å². The van der Waals surface area contributed by atoms with Crippen LogP contribution in [0.1, 0.15) is 16.8 Å². The minimum Gasteiger partial charge on any atom is -0.465 e. The number of anilines is 1. The first-order valence-electron chi connectivity index (χ1n) is 6.40. The molecule has 0 aliphatic carbocycles. The molecule has 2 rings (SSSR count). The number of nitrogens with two attached hydrogens (primary N) is 1. The van der Waals surface area contributed by atoms with Crippen molar-refractivity contribution in [3.05, 3.63) is 29.6 Å². The van der Waals surface area contributed by atoms with Gasteiger partial charge in [-0.15, -0.1) is 0 Å². The Morgan fingerprint density at radius 1 is 1.50 bits per heavy atom. The van der Waals surface area contributed by atoms with Gasteiger partial charge in [0.25, 0.3) is 0 Å². The molecule has 0 saturated carbocycles. The number of rotatable bonds is 4. The second kappa shape index (κ2) is 6.01. The lowest BCUT2D eigenvalue weighted by molar-refractivity contribution is -0.117. The quantitative estimate of drug-likeness (QED) is 0.797. The molecule has 0 bridgehead atoms. The Morgan fingerprint density at radius 3 is 2.77 bits per heavy atom. The number of benzene rings is 1. The lowest BCUT2D eigenvalue weighted by Gasteiger charge is -2.19. The number of carbonyl (C=O) groups is 2. The predicted molar refractivity (Wildman–Crippen MR) is 76.2 cm³/mol. The van der Waals surface area contributed by atoms with Crippen molar-refractivity contribution < 1.29 is 27.1 Å². The summed E-state index contributed by atoms with van der Waals surface area (Å²) in [5, 5.41) is 4.98. The largest absolute Gasteiger partial charge is 0.465 e. The Kier molecular flexibility index (Phi) is 4.47. The van der Waals surface area contributed by atoms with Crippen molar-refractivity contribution in [1.29, 1.82) is 0 Å². The van der Waals surface area contributed by atoms with Gasteiger partial charge in [-0.25, -0.2) is 22.7 Å². The minimum atomic E-state index is -3.70. The van der Waals surface area contributed by atoms with Gasteiger partial charge in [0.05, 0.1) is 24.1 Å². The van der Waals surface area contributed by atoms with Gasteiger partial charge in [0, 0.05) is 18.9 Å². The van der Waals surface area contributed by atoms with E-state index in [1.807, 2.05) is 0 Å². The van der Waals surface area contributed by atoms with Crippen LogP contribution in [-0.2, 0) is 19.6 Å². The number of sulfonamides is 1. The molecule has 0 radical (unpaired) electrons. The molecular formula is C13H15FN2O5S. The summed E-state index contributed by atoms with van der Waals surface area (Å²) in [6, 6.07) is 3.38. The smallest absolute Gasteiger partial charge is 0.340 e. The average molecular weight is 330 g/mol. The third kappa shape index (κ3) is 3.60. The Bertz CT molecular complexity index is 719. The number of carbonyl (C=O) groups excluding carboxylic acids is 2. The van der Waals surface area contributed by atoms with Crippen molar-refractivity contribution >= 4 is 27.6 Å². The van der Waals surface area contributed by atoms with Gasteiger partial charge in [0.15, 0.2) is 0 Å². The van der Waals surface area contributed by atoms with Gasteiger partial charge in [-0.1, -0.05) is 0 Å². The third-order valence-electron chi connectivity index (χ3n) is 3.33. The zero-order chi connectivity index (χ0) is 16.5. The van der Waals surface area contributed by atoms with E-state index < -0.39 is 27.7 Å². The summed E-state index contributed by atoms with van der Waals surface area (Å²) >= 11 is 0. The van der Waals surface area contributed by atoms with Gasteiger partial charge in [0.1, 0.15) is 5.82 Å². The van der Waals surface area contributed by atoms with Crippen LogP contribution in [-0.4, -0.2) is 39.7 Å². The molecule has 9 heteroatoms. The molecule has 1 amide bonds. The number of esters is 1. The first-order valence-corrected chi connectivity index (χ1v) is 8.11. The fourth-order valence-electron chi connectivity index (χ4n) is 2.47. The molecule has 1 atom stereocenters. The molecule has 1 aliphatic rings. The van der Waals surface area contributed by atoms with Crippen molar-refractivity contribution in [1.82, 2.24) is 0 Å². The Labute approximate surface area is 126 Å². The maximum Gasteiger partial charge on any atom is 0.340 e. The van der Waals surface area contributed by atoms with Gasteiger partial charge < -0.3 is 9.64 Å². The maximum absolute atomic E-state index is 13.3. The molecular weight excluding hydrogens is 315 g/mol. The zero-order valence-corrected chi connectivity index (χ0v) is 12.6. The van der Waals surface area contributed by atoms with Gasteiger partial charge in [0.2, 0.25) is 15.9 Å². The highest BCUT2D eigenvalue weighted by Crippen LogP contribution is 2.29. The molecule has 7 nitrogen and oxygen atoms in total. The van der Waals surface area contributed by atoms with Crippen molar-refractivity contribution in [2.45, 2.75) is 6.42 Å². The number of amides is 1. The van der Waals surface area contributed by atoms with E-state index >= 15 is 0 Å². The lowest BCUT2D eigenvalue weighted by atomic mass is 10.1. The molecule has 22 heavy (non-hydrogen) atoms. The van der Waals surface area contributed by atoms with Crippen LogP contribution in [0.5, 0.6) is 0 Å². The van der Waals surface area contributed by atoms with E-state index in [-0.39, 0.29) is 35.9 Å². The highest BCUT2D eigenvalue weighted by atomic mass is 32.2. The second-order valence-electron chi connectivity index (χ2n) is 5.06. The number of ether oxygens (including phenoxy) is 1. The van der Waals surface area contributed by atoms with Crippen LogP contribution >= 0.6 is 0 Å². The molecule has 0 aromatic heterocycles. The van der Waals surface area contributed by atoms with E-state index in [0.29, 0.717) is 0 Å². The van der Waals surface area contributed by atoms with Gasteiger partial charge >= 0.3 is 5.97 Å². The summed E-state index contributed by atoms with van der Waals surface area (Å²) in [5.41, 5.74) is 0.0993. The number of hydrogen-bond acceptors (Lipinski definition) is 5. The molecule has 120 valence electrons. The Morgan fingerprint density at radius 2 is 2.18 bits per heavy atom. The Hall–Kier alpha value is -2.00. The summed E-state index contributed by atoms with van der Waals surface area (Å²) in [7, 11) is -2.56. The highest BCUT2D eigenvalue weighted by Gasteiger charge is 2.34. The molecule has 0 spiro atoms. The third-order valence-corrected chi connectivity index (χ3v) is 4.26. The summed E-state index contributed by atoms with van der Waals surface area (Å²) in [6.45, 7) is 0.0882. The number of primary sulfonamides is 1. The fraction of sp³-hybridized carbons (Fsp3) is 0.385. The van der Waals surface area contributed by atoms with Crippen molar-refractivity contribution in [3.8, 4) is 0 Å². The highest BCUT2D eigenvalue weighted by molar-refractivity contribution is 7.89. The molecule has 1 aromatic rings. The van der Waals surface area contributed by atoms with Crippen LogP contribution in [0.3, 0.4) is 0 Å². The molecule has 1 saturated heterocycles. The van der Waals surface area contributed by atoms with Crippen LogP contribution in [0.4, 0.5) is 10.1 Å². The fourth-order valence-corrected chi connectivity index (χ4v) is 3.35. The van der Waals surface area contributed by atoms with E-state index in [4.69, 9.17) is 5.14 Å². The SMILES string of the molecule is COC(=O)c1cc(F)ccc1N1CC(CS(N)(=O)=O)CC1=O. The van der Waals surface area contributed by atoms with Gasteiger partial charge in [-0.3, -0.25) is 4.79 Å². The summed E-state index contributed by atoms with van der Waals surface area (Å²) in [6.07, 6.45) is -0.00554. The van der Waals surface area contributed by atoms with Crippen LogP contribution in [0.2, 0.25) is 0 Å². The molecule has 1 unspecified atom stereocenters. The predicted octanol–water partition coefficient (Wildman–Crippen LogP) is 0.254. The van der Waals surface area contributed by atoms with Crippen molar-refractivity contribution in [2.75, 3.05) is 24.3 Å². The van der Waals surface area contributed by atoms with Crippen molar-refractivity contribution in [2.24, 2.45) is 11.1 Å². The topological polar surface area (TPSA) is 107 Å². The minimum absolute atomic E-state index is 0.00554. The van der Waals surface area contributed by atoms with Gasteiger partial charge in [-0.2, -0.15) is 0 Å². The second-order valence-corrected chi connectivity index (χ2v) is 6.72. The molecule has 2 N–H and O–H groups in total. The molecule has 1 heterocycles. The van der Waals surface area contributed by atoms with E-state index in [0.717, 1.165) is 19.2 Å². The standard InChI is InChI=1S/C13H15FN2O5S/c1-21-13(18)10-5-9(14)2-3-11(10)16-6-8(4-12(16)17)7-22(15,19)20/h2-3,5,8H,4,6-7H2,1H3,(H2,15,19,20). The van der Waals surface area contributed by atoms with E-state index in [1.165, 1.54) is 11.0 Å². The van der Waals surface area contributed by atoms with Crippen LogP contribution in [0, 0.1) is 11.7 Å². The summed E-state index contributed by atoms with van der Waals surface area (Å²) in [5.74, 6) is -2.58. The number of halogens is 1. The molecule has 1 aliphatic heterocycles. The van der Waals surface area contributed by atoms with E-state index in [2.05, 4.69) is 4.74 Å². The summed E-state index contributed by atoms with van der Waals surface area (Å²) < 4.78 is 40.1. The van der Waals surface area contributed by atoms with Crippen LogP contribution in [0.25, 0.3) is 0 Å². The molecule has 1 aromatic carbocycles. The zero-order valence-electron chi connectivity index (χ0n) is 11.8. The van der Waals surface area contributed by atoms with Gasteiger partial charge in [-0.05, 0) is 18.2 Å². The normalized spacial score (nSPS) is 18.6. The Balaban J connectivity index is 2.32. The van der Waals surface area contributed by atoms with E-state index in [1.54, 1.807) is 0 Å². The van der Waals surface area contributed by atoms with E-state index in [9.17, 15) is 22.4 Å². The number of methoxy groups -OCH3 is 1. The monoisotopic (exact) mass is 330 g/mol. The lowest BCUT2D eigenvalue weighted by Crippen LogP contribution is -2.29.